The molecule has 1 aliphatic rings. The number of hydrogen-bond donors (Lipinski definition) is 2. The van der Waals surface area contributed by atoms with E-state index < -0.39 is 17.9 Å². The van der Waals surface area contributed by atoms with Crippen LogP contribution < -0.4 is 5.32 Å². The fourth-order valence-corrected chi connectivity index (χ4v) is 1.69. The van der Waals surface area contributed by atoms with Crippen molar-refractivity contribution in [2.75, 3.05) is 26.8 Å². The van der Waals surface area contributed by atoms with Gasteiger partial charge >= 0.3 is 12.0 Å². The molecule has 106 valence electrons. The standard InChI is InChI=1S/C12H18N2O5/c1-19-8-9-4-6-14(7-5-9)12(18)13-10(15)2-3-11(16)17/h4H,2-3,5-8H2,1H3,(H,16,17)(H,13,15,18). The molecule has 0 aromatic carbocycles. The van der Waals surface area contributed by atoms with Crippen LogP contribution in [0.2, 0.25) is 0 Å². The van der Waals surface area contributed by atoms with Crippen molar-refractivity contribution in [3.05, 3.63) is 11.6 Å². The van der Waals surface area contributed by atoms with Crippen LogP contribution >= 0.6 is 0 Å². The summed E-state index contributed by atoms with van der Waals surface area (Å²) >= 11 is 0. The second kappa shape index (κ2) is 7.52. The molecule has 0 saturated carbocycles. The minimum atomic E-state index is -1.06. The summed E-state index contributed by atoms with van der Waals surface area (Å²) in [4.78, 5) is 34.8. The number of hydrogen-bond acceptors (Lipinski definition) is 4. The minimum Gasteiger partial charge on any atom is -0.481 e. The number of methoxy groups -OCH3 is 1. The van der Waals surface area contributed by atoms with E-state index in [0.717, 1.165) is 5.57 Å². The number of nitrogens with one attached hydrogen (secondary N) is 1. The lowest BCUT2D eigenvalue weighted by molar-refractivity contribution is -0.138. The van der Waals surface area contributed by atoms with Crippen molar-refractivity contribution in [1.29, 1.82) is 0 Å². The first-order chi connectivity index (χ1) is 9.02. The molecule has 19 heavy (non-hydrogen) atoms. The quantitative estimate of drug-likeness (QED) is 0.703. The number of aliphatic carboxylic acids is 1. The van der Waals surface area contributed by atoms with Crippen LogP contribution in [-0.4, -0.2) is 54.7 Å². The van der Waals surface area contributed by atoms with Gasteiger partial charge in [0, 0.05) is 26.6 Å². The summed E-state index contributed by atoms with van der Waals surface area (Å²) in [6, 6.07) is -0.483. The summed E-state index contributed by atoms with van der Waals surface area (Å²) in [6.45, 7) is 1.50. The maximum Gasteiger partial charge on any atom is 0.324 e. The monoisotopic (exact) mass is 270 g/mol. The Kier molecular flexibility index (Phi) is 6.01. The molecule has 0 aromatic heterocycles. The van der Waals surface area contributed by atoms with Crippen LogP contribution in [0, 0.1) is 0 Å². The van der Waals surface area contributed by atoms with E-state index in [1.54, 1.807) is 7.11 Å². The van der Waals surface area contributed by atoms with Gasteiger partial charge in [0.05, 0.1) is 13.0 Å². The lowest BCUT2D eigenvalue weighted by Crippen LogP contribution is -2.44. The van der Waals surface area contributed by atoms with E-state index >= 15 is 0 Å². The molecular formula is C12H18N2O5. The average Bonchev–Trinajstić information content (AvgIpc) is 2.37. The lowest BCUT2D eigenvalue weighted by atomic mass is 10.1. The molecule has 0 aliphatic carbocycles. The van der Waals surface area contributed by atoms with Gasteiger partial charge in [-0.2, -0.15) is 0 Å². The molecule has 0 atom stereocenters. The molecule has 0 spiro atoms. The van der Waals surface area contributed by atoms with Gasteiger partial charge in [-0.15, -0.1) is 0 Å². The second-order valence-corrected chi connectivity index (χ2v) is 4.24. The van der Waals surface area contributed by atoms with E-state index in [1.807, 2.05) is 6.08 Å². The largest absolute Gasteiger partial charge is 0.481 e. The van der Waals surface area contributed by atoms with Crippen molar-refractivity contribution in [3.8, 4) is 0 Å². The Labute approximate surface area is 111 Å². The van der Waals surface area contributed by atoms with E-state index in [4.69, 9.17) is 9.84 Å². The maximum atomic E-state index is 11.7. The molecular weight excluding hydrogens is 252 g/mol. The van der Waals surface area contributed by atoms with Crippen LogP contribution in [-0.2, 0) is 14.3 Å². The first kappa shape index (κ1) is 15.2. The SMILES string of the molecule is COCC1=CCN(C(=O)NC(=O)CCC(=O)O)CC1. The van der Waals surface area contributed by atoms with Crippen LogP contribution in [0.15, 0.2) is 11.6 Å². The van der Waals surface area contributed by atoms with Crippen LogP contribution in [0.5, 0.6) is 0 Å². The number of carbonyl (C=O) groups is 3. The number of imide groups is 1. The second-order valence-electron chi connectivity index (χ2n) is 4.24. The highest BCUT2D eigenvalue weighted by atomic mass is 16.5. The summed E-state index contributed by atoms with van der Waals surface area (Å²) in [7, 11) is 1.61. The van der Waals surface area contributed by atoms with Gasteiger partial charge in [0.2, 0.25) is 5.91 Å². The number of carbonyl (C=O) groups excluding carboxylic acids is 2. The van der Waals surface area contributed by atoms with E-state index in [2.05, 4.69) is 5.32 Å². The van der Waals surface area contributed by atoms with Gasteiger partial charge in [0.25, 0.3) is 0 Å². The topological polar surface area (TPSA) is 95.9 Å². The molecule has 1 heterocycles. The van der Waals surface area contributed by atoms with Gasteiger partial charge in [-0.1, -0.05) is 6.08 Å². The lowest BCUT2D eigenvalue weighted by Gasteiger charge is -2.26. The fraction of sp³-hybridized carbons (Fsp3) is 0.583. The minimum absolute atomic E-state index is 0.195. The molecule has 0 bridgehead atoms. The van der Waals surface area contributed by atoms with Crippen molar-refractivity contribution >= 4 is 17.9 Å². The van der Waals surface area contributed by atoms with E-state index in [1.165, 1.54) is 4.90 Å². The Hall–Kier alpha value is -1.89. The third kappa shape index (κ3) is 5.52. The van der Waals surface area contributed by atoms with Gasteiger partial charge in [-0.25, -0.2) is 4.79 Å². The molecule has 0 saturated heterocycles. The Morgan fingerprint density at radius 1 is 1.42 bits per heavy atom. The number of rotatable bonds is 5. The fourth-order valence-electron chi connectivity index (χ4n) is 1.69. The normalized spacial score (nSPS) is 14.8. The number of amides is 3. The Morgan fingerprint density at radius 3 is 2.68 bits per heavy atom. The molecule has 2 N–H and O–H groups in total. The highest BCUT2D eigenvalue weighted by Gasteiger charge is 2.19. The first-order valence-electron chi connectivity index (χ1n) is 6.00. The number of carboxylic acids is 1. The zero-order valence-corrected chi connectivity index (χ0v) is 10.8. The summed E-state index contributed by atoms with van der Waals surface area (Å²) in [5, 5.41) is 10.6. The maximum absolute atomic E-state index is 11.7. The van der Waals surface area contributed by atoms with Crippen LogP contribution in [0.1, 0.15) is 19.3 Å². The number of urea groups is 1. The molecule has 3 amide bonds. The summed E-state index contributed by atoms with van der Waals surface area (Å²) in [6.07, 6.45) is 2.13. The number of carboxylic acid groups (broad SMARTS) is 1. The number of ether oxygens (including phenoxy) is 1. The Morgan fingerprint density at radius 2 is 2.16 bits per heavy atom. The van der Waals surface area contributed by atoms with E-state index in [0.29, 0.717) is 26.1 Å². The van der Waals surface area contributed by atoms with Crippen LogP contribution in [0.25, 0.3) is 0 Å². The highest BCUT2D eigenvalue weighted by Crippen LogP contribution is 2.10. The molecule has 0 radical (unpaired) electrons. The Bertz CT molecular complexity index is 392. The molecule has 1 rings (SSSR count). The van der Waals surface area contributed by atoms with Crippen LogP contribution in [0.4, 0.5) is 4.79 Å². The molecule has 1 aliphatic heterocycles. The summed E-state index contributed by atoms with van der Waals surface area (Å²) in [5.41, 5.74) is 1.13. The summed E-state index contributed by atoms with van der Waals surface area (Å²) in [5.74, 6) is -1.63. The predicted molar refractivity (Wildman–Crippen MR) is 66.6 cm³/mol. The summed E-state index contributed by atoms with van der Waals surface area (Å²) < 4.78 is 5.00. The van der Waals surface area contributed by atoms with Crippen molar-refractivity contribution in [3.63, 3.8) is 0 Å². The Balaban J connectivity index is 2.35. The smallest absolute Gasteiger partial charge is 0.324 e. The highest BCUT2D eigenvalue weighted by molar-refractivity contribution is 5.95. The molecule has 7 nitrogen and oxygen atoms in total. The molecule has 0 aromatic rings. The van der Waals surface area contributed by atoms with Crippen molar-refractivity contribution in [2.45, 2.75) is 19.3 Å². The zero-order valence-electron chi connectivity index (χ0n) is 10.8. The van der Waals surface area contributed by atoms with Gasteiger partial charge in [-0.3, -0.25) is 14.9 Å². The first-order valence-corrected chi connectivity index (χ1v) is 6.00. The third-order valence-corrected chi connectivity index (χ3v) is 2.73. The van der Waals surface area contributed by atoms with Crippen molar-refractivity contribution < 1.29 is 24.2 Å². The van der Waals surface area contributed by atoms with E-state index in [9.17, 15) is 14.4 Å². The van der Waals surface area contributed by atoms with E-state index in [-0.39, 0.29) is 12.8 Å². The predicted octanol–water partition coefficient (Wildman–Crippen LogP) is 0.366. The molecule has 0 unspecified atom stereocenters. The van der Waals surface area contributed by atoms with Crippen molar-refractivity contribution in [2.24, 2.45) is 0 Å². The van der Waals surface area contributed by atoms with Gasteiger partial charge in [0.15, 0.2) is 0 Å². The number of nitrogens with zero attached hydrogens (tertiary/aromatic N) is 1. The van der Waals surface area contributed by atoms with Crippen molar-refractivity contribution in [1.82, 2.24) is 10.2 Å². The van der Waals surface area contributed by atoms with Gasteiger partial charge in [0.1, 0.15) is 0 Å². The van der Waals surface area contributed by atoms with Gasteiger partial charge in [-0.05, 0) is 12.0 Å². The van der Waals surface area contributed by atoms with Crippen LogP contribution in [0.3, 0.4) is 0 Å². The molecule has 7 heteroatoms. The third-order valence-electron chi connectivity index (χ3n) is 2.73. The molecule has 0 fully saturated rings. The average molecular weight is 270 g/mol. The van der Waals surface area contributed by atoms with Gasteiger partial charge < -0.3 is 14.7 Å². The zero-order chi connectivity index (χ0) is 14.3.